The molecule has 2 aliphatic rings. The number of urea groups is 1. The van der Waals surface area contributed by atoms with Crippen molar-refractivity contribution >= 4 is 17.6 Å². The van der Waals surface area contributed by atoms with Crippen LogP contribution in [0, 0.1) is 18.3 Å². The van der Waals surface area contributed by atoms with Crippen LogP contribution in [-0.2, 0) is 16.8 Å². The number of hydrogen-bond acceptors (Lipinski definition) is 4. The van der Waals surface area contributed by atoms with Crippen LogP contribution in [0.1, 0.15) is 65.2 Å². The molecular weight excluding hydrogens is 459 g/mol. The number of hydrogen-bond donors (Lipinski definition) is 2. The van der Waals surface area contributed by atoms with Crippen molar-refractivity contribution in [3.63, 3.8) is 0 Å². The summed E-state index contributed by atoms with van der Waals surface area (Å²) in [5.74, 6) is -0.155. The number of halogens is 1. The molecule has 2 aromatic carbocycles. The van der Waals surface area contributed by atoms with Gasteiger partial charge in [0.2, 0.25) is 0 Å². The number of rotatable bonds is 5. The average molecular weight is 493 g/mol. The van der Waals surface area contributed by atoms with E-state index in [-0.39, 0.29) is 43.9 Å². The van der Waals surface area contributed by atoms with Crippen LogP contribution in [0.3, 0.4) is 0 Å². The Morgan fingerprint density at radius 2 is 1.94 bits per heavy atom. The number of aryl methyl sites for hydroxylation is 2. The van der Waals surface area contributed by atoms with Crippen LogP contribution in [0.5, 0.6) is 0 Å². The van der Waals surface area contributed by atoms with Crippen LogP contribution in [0.2, 0.25) is 0 Å². The van der Waals surface area contributed by atoms with E-state index >= 15 is 4.39 Å². The van der Waals surface area contributed by atoms with E-state index in [0.29, 0.717) is 35.4 Å². The Morgan fingerprint density at radius 3 is 2.56 bits per heavy atom. The first kappa shape index (κ1) is 25.6. The van der Waals surface area contributed by atoms with Crippen molar-refractivity contribution < 1.29 is 18.7 Å². The van der Waals surface area contributed by atoms with E-state index in [0.717, 1.165) is 30.6 Å². The molecule has 1 atom stereocenters. The van der Waals surface area contributed by atoms with Gasteiger partial charge < -0.3 is 20.3 Å². The molecule has 2 fully saturated rings. The maximum atomic E-state index is 15.7. The zero-order chi connectivity index (χ0) is 25.7. The SMILES string of the molecule is CCc1cc(C)c(NC(=O)N[C@H]2CCCOC2)cc1C(=O)N1CCC(F)(c2ccc(C#N)cc2)CC1. The Morgan fingerprint density at radius 1 is 1.22 bits per heavy atom. The van der Waals surface area contributed by atoms with Crippen LogP contribution in [0.15, 0.2) is 36.4 Å². The number of carbonyl (C=O) groups excluding carboxylic acids is 2. The van der Waals surface area contributed by atoms with Gasteiger partial charge in [0.1, 0.15) is 5.67 Å². The van der Waals surface area contributed by atoms with Crippen molar-refractivity contribution in [2.45, 2.75) is 57.7 Å². The van der Waals surface area contributed by atoms with Gasteiger partial charge in [0.15, 0.2) is 0 Å². The van der Waals surface area contributed by atoms with Crippen LogP contribution in [0.4, 0.5) is 14.9 Å². The third-order valence-corrected chi connectivity index (χ3v) is 7.18. The first-order chi connectivity index (χ1) is 17.3. The second-order valence-electron chi connectivity index (χ2n) is 9.64. The molecule has 2 N–H and O–H groups in total. The van der Waals surface area contributed by atoms with Crippen molar-refractivity contribution in [1.82, 2.24) is 10.2 Å². The van der Waals surface area contributed by atoms with Crippen molar-refractivity contribution in [3.05, 3.63) is 64.2 Å². The lowest BCUT2D eigenvalue weighted by Gasteiger charge is -2.37. The van der Waals surface area contributed by atoms with E-state index in [1.54, 1.807) is 35.2 Å². The number of likely N-dealkylation sites (tertiary alicyclic amines) is 1. The van der Waals surface area contributed by atoms with Gasteiger partial charge in [-0.05, 0) is 61.1 Å². The van der Waals surface area contributed by atoms with Gasteiger partial charge in [-0.15, -0.1) is 0 Å². The highest BCUT2D eigenvalue weighted by atomic mass is 19.1. The fraction of sp³-hybridized carbons (Fsp3) is 0.464. The summed E-state index contributed by atoms with van der Waals surface area (Å²) >= 11 is 0. The second-order valence-corrected chi connectivity index (χ2v) is 9.64. The Labute approximate surface area is 211 Å². The summed E-state index contributed by atoms with van der Waals surface area (Å²) in [6.45, 7) is 5.69. The number of piperidine rings is 1. The molecule has 7 nitrogen and oxygen atoms in total. The van der Waals surface area contributed by atoms with E-state index < -0.39 is 5.67 Å². The number of ether oxygens (including phenoxy) is 1. The number of anilines is 1. The fourth-order valence-electron chi connectivity index (χ4n) is 4.96. The molecule has 2 saturated heterocycles. The average Bonchev–Trinajstić information content (AvgIpc) is 2.90. The van der Waals surface area contributed by atoms with Gasteiger partial charge in [-0.3, -0.25) is 4.79 Å². The molecule has 0 unspecified atom stereocenters. The molecule has 0 radical (unpaired) electrons. The number of carbonyl (C=O) groups is 2. The first-order valence-electron chi connectivity index (χ1n) is 12.6. The highest BCUT2D eigenvalue weighted by Gasteiger charge is 2.38. The van der Waals surface area contributed by atoms with Gasteiger partial charge in [0.05, 0.1) is 24.3 Å². The van der Waals surface area contributed by atoms with Crippen molar-refractivity contribution in [3.8, 4) is 6.07 Å². The summed E-state index contributed by atoms with van der Waals surface area (Å²) in [6, 6.07) is 12.0. The highest BCUT2D eigenvalue weighted by Crippen LogP contribution is 2.37. The molecule has 8 heteroatoms. The molecule has 0 saturated carbocycles. The van der Waals surface area contributed by atoms with Gasteiger partial charge >= 0.3 is 6.03 Å². The molecule has 4 rings (SSSR count). The predicted molar refractivity (Wildman–Crippen MR) is 136 cm³/mol. The molecule has 0 spiro atoms. The number of nitrogens with one attached hydrogen (secondary N) is 2. The van der Waals surface area contributed by atoms with Crippen molar-refractivity contribution in [1.29, 1.82) is 5.26 Å². The summed E-state index contributed by atoms with van der Waals surface area (Å²) in [5, 5.41) is 14.8. The number of nitrogens with zero attached hydrogens (tertiary/aromatic N) is 2. The molecule has 2 aliphatic heterocycles. The summed E-state index contributed by atoms with van der Waals surface area (Å²) in [4.78, 5) is 27.8. The molecule has 2 heterocycles. The molecule has 190 valence electrons. The smallest absolute Gasteiger partial charge is 0.319 e. The molecule has 0 bridgehead atoms. The lowest BCUT2D eigenvalue weighted by Crippen LogP contribution is -2.44. The minimum absolute atomic E-state index is 0.0273. The standard InChI is InChI=1S/C28H33FN4O3/c1-3-21-15-19(2)25(32-27(35)31-23-5-4-14-36-18-23)16-24(21)26(34)33-12-10-28(29,11-13-33)22-8-6-20(17-30)7-9-22/h6-9,15-16,23H,3-5,10-14,18H2,1-2H3,(H2,31,32,35)/t23-/m0/s1. The van der Waals surface area contributed by atoms with Crippen LogP contribution >= 0.6 is 0 Å². The molecule has 36 heavy (non-hydrogen) atoms. The maximum absolute atomic E-state index is 15.7. The lowest BCUT2D eigenvalue weighted by molar-refractivity contribution is 0.0420. The predicted octanol–water partition coefficient (Wildman–Crippen LogP) is 4.83. The molecular formula is C28H33FN4O3. The van der Waals surface area contributed by atoms with E-state index in [1.165, 1.54) is 0 Å². The number of alkyl halides is 1. The monoisotopic (exact) mass is 492 g/mol. The van der Waals surface area contributed by atoms with Gasteiger partial charge in [-0.1, -0.05) is 25.1 Å². The third kappa shape index (κ3) is 5.68. The Kier molecular flexibility index (Phi) is 7.90. The van der Waals surface area contributed by atoms with Gasteiger partial charge in [-0.25, -0.2) is 9.18 Å². The summed E-state index contributed by atoms with van der Waals surface area (Å²) in [7, 11) is 0. The van der Waals surface area contributed by atoms with Gasteiger partial charge in [0, 0.05) is 43.8 Å². The zero-order valence-corrected chi connectivity index (χ0v) is 20.9. The topological polar surface area (TPSA) is 94.5 Å². The largest absolute Gasteiger partial charge is 0.379 e. The summed E-state index contributed by atoms with van der Waals surface area (Å²) in [5.41, 5.74) is 2.39. The van der Waals surface area contributed by atoms with E-state index in [2.05, 4.69) is 10.6 Å². The van der Waals surface area contributed by atoms with E-state index in [9.17, 15) is 9.59 Å². The van der Waals surface area contributed by atoms with Crippen LogP contribution < -0.4 is 10.6 Å². The molecule has 0 aromatic heterocycles. The Bertz CT molecular complexity index is 1140. The van der Waals surface area contributed by atoms with E-state index in [1.807, 2.05) is 26.0 Å². The normalized spacial score (nSPS) is 19.3. The number of nitriles is 1. The summed E-state index contributed by atoms with van der Waals surface area (Å²) < 4.78 is 21.1. The van der Waals surface area contributed by atoms with Crippen LogP contribution in [-0.4, -0.2) is 49.2 Å². The molecule has 0 aliphatic carbocycles. The third-order valence-electron chi connectivity index (χ3n) is 7.18. The fourth-order valence-corrected chi connectivity index (χ4v) is 4.96. The van der Waals surface area contributed by atoms with Gasteiger partial charge in [0.25, 0.3) is 5.91 Å². The van der Waals surface area contributed by atoms with E-state index in [4.69, 9.17) is 10.00 Å². The number of benzene rings is 2. The van der Waals surface area contributed by atoms with Crippen molar-refractivity contribution in [2.24, 2.45) is 0 Å². The lowest BCUT2D eigenvalue weighted by atomic mass is 9.85. The van der Waals surface area contributed by atoms with Crippen LogP contribution in [0.25, 0.3) is 0 Å². The zero-order valence-electron chi connectivity index (χ0n) is 20.9. The maximum Gasteiger partial charge on any atom is 0.319 e. The Hall–Kier alpha value is -3.44. The highest BCUT2D eigenvalue weighted by molar-refractivity contribution is 5.99. The Balaban J connectivity index is 1.45. The first-order valence-corrected chi connectivity index (χ1v) is 12.6. The summed E-state index contributed by atoms with van der Waals surface area (Å²) in [6.07, 6.45) is 2.83. The second kappa shape index (κ2) is 11.1. The molecule has 2 aromatic rings. The molecule has 3 amide bonds. The minimum Gasteiger partial charge on any atom is -0.379 e. The number of amides is 3. The van der Waals surface area contributed by atoms with Gasteiger partial charge in [-0.2, -0.15) is 5.26 Å². The quantitative estimate of drug-likeness (QED) is 0.625. The minimum atomic E-state index is -1.53. The van der Waals surface area contributed by atoms with Crippen molar-refractivity contribution in [2.75, 3.05) is 31.6 Å².